The number of nitrogens with zero attached hydrogens (tertiary/aromatic N) is 2. The van der Waals surface area contributed by atoms with Crippen LogP contribution in [0.25, 0.3) is 0 Å². The Morgan fingerprint density at radius 1 is 1.75 bits per heavy atom. The van der Waals surface area contributed by atoms with Crippen molar-refractivity contribution in [3.8, 4) is 0 Å². The fraction of sp³-hybridized carbons (Fsp3) is 0.636. The first kappa shape index (κ1) is 11.5. The molecule has 1 N–H and O–H groups in total. The van der Waals surface area contributed by atoms with Gasteiger partial charge in [0.2, 0.25) is 0 Å². The zero-order valence-corrected chi connectivity index (χ0v) is 10.1. The SMILES string of the molecule is CC(c1nccs1)N(CCC(=O)O)C1CC1. The fourth-order valence-electron chi connectivity index (χ4n) is 1.91. The molecule has 1 aromatic rings. The number of hydrogen-bond donors (Lipinski definition) is 1. The Bertz CT molecular complexity index is 349. The molecule has 88 valence electrons. The highest BCUT2D eigenvalue weighted by Gasteiger charge is 2.33. The normalized spacial score (nSPS) is 17.6. The van der Waals surface area contributed by atoms with Crippen LogP contribution in [0.1, 0.15) is 37.2 Å². The first-order valence-electron chi connectivity index (χ1n) is 5.55. The molecule has 2 rings (SSSR count). The standard InChI is InChI=1S/C11H16N2O2S/c1-8(11-12-5-7-16-11)13(9-2-3-9)6-4-10(14)15/h5,7-9H,2-4,6H2,1H3,(H,14,15). The van der Waals surface area contributed by atoms with Crippen molar-refractivity contribution in [1.29, 1.82) is 0 Å². The maximum Gasteiger partial charge on any atom is 0.304 e. The number of hydrogen-bond acceptors (Lipinski definition) is 4. The molecule has 1 fully saturated rings. The summed E-state index contributed by atoms with van der Waals surface area (Å²) in [6.07, 6.45) is 4.40. The minimum Gasteiger partial charge on any atom is -0.481 e. The molecule has 1 aromatic heterocycles. The number of aliphatic carboxylic acids is 1. The summed E-state index contributed by atoms with van der Waals surface area (Å²) in [5, 5.41) is 11.8. The third-order valence-electron chi connectivity index (χ3n) is 2.91. The summed E-state index contributed by atoms with van der Waals surface area (Å²) in [5.41, 5.74) is 0. The molecule has 1 aliphatic rings. The van der Waals surface area contributed by atoms with E-state index in [0.29, 0.717) is 12.6 Å². The summed E-state index contributed by atoms with van der Waals surface area (Å²) >= 11 is 1.64. The van der Waals surface area contributed by atoms with Crippen LogP contribution in [0.4, 0.5) is 0 Å². The highest BCUT2D eigenvalue weighted by molar-refractivity contribution is 7.09. The van der Waals surface area contributed by atoms with Crippen molar-refractivity contribution < 1.29 is 9.90 Å². The number of carboxylic acids is 1. The van der Waals surface area contributed by atoms with Crippen LogP contribution in [0.3, 0.4) is 0 Å². The summed E-state index contributed by atoms with van der Waals surface area (Å²) in [6.45, 7) is 2.74. The van der Waals surface area contributed by atoms with Crippen molar-refractivity contribution in [2.45, 2.75) is 38.3 Å². The number of thiazole rings is 1. The number of rotatable bonds is 6. The molecule has 0 bridgehead atoms. The molecule has 0 saturated heterocycles. The van der Waals surface area contributed by atoms with Gasteiger partial charge in [-0.3, -0.25) is 9.69 Å². The van der Waals surface area contributed by atoms with E-state index >= 15 is 0 Å². The van der Waals surface area contributed by atoms with Crippen molar-refractivity contribution in [3.63, 3.8) is 0 Å². The minimum atomic E-state index is -0.725. The Morgan fingerprint density at radius 3 is 3.00 bits per heavy atom. The van der Waals surface area contributed by atoms with Crippen molar-refractivity contribution in [1.82, 2.24) is 9.88 Å². The van der Waals surface area contributed by atoms with Crippen molar-refractivity contribution in [2.75, 3.05) is 6.54 Å². The molecule has 1 atom stereocenters. The molecular weight excluding hydrogens is 224 g/mol. The van der Waals surface area contributed by atoms with Gasteiger partial charge in [-0.15, -0.1) is 11.3 Å². The highest BCUT2D eigenvalue weighted by Crippen LogP contribution is 2.34. The van der Waals surface area contributed by atoms with Gasteiger partial charge in [-0.05, 0) is 19.8 Å². The third kappa shape index (κ3) is 2.80. The smallest absolute Gasteiger partial charge is 0.304 e. The molecule has 0 aliphatic heterocycles. The van der Waals surface area contributed by atoms with Crippen LogP contribution >= 0.6 is 11.3 Å². The third-order valence-corrected chi connectivity index (χ3v) is 3.85. The Balaban J connectivity index is 1.98. The second-order valence-electron chi connectivity index (χ2n) is 4.16. The summed E-state index contributed by atoms with van der Waals surface area (Å²) in [4.78, 5) is 17.2. The van der Waals surface area contributed by atoms with Gasteiger partial charge in [0.05, 0.1) is 12.5 Å². The van der Waals surface area contributed by atoms with E-state index in [0.717, 1.165) is 5.01 Å². The van der Waals surface area contributed by atoms with Gasteiger partial charge in [-0.25, -0.2) is 4.98 Å². The van der Waals surface area contributed by atoms with Crippen LogP contribution in [0.2, 0.25) is 0 Å². The quantitative estimate of drug-likeness (QED) is 0.827. The van der Waals surface area contributed by atoms with Gasteiger partial charge in [0, 0.05) is 24.2 Å². The van der Waals surface area contributed by atoms with E-state index in [9.17, 15) is 4.79 Å². The summed E-state index contributed by atoms with van der Waals surface area (Å²) in [5.74, 6) is -0.725. The molecule has 1 saturated carbocycles. The average molecular weight is 240 g/mol. The maximum absolute atomic E-state index is 10.6. The zero-order valence-electron chi connectivity index (χ0n) is 9.30. The second-order valence-corrected chi connectivity index (χ2v) is 5.09. The molecule has 1 heterocycles. The van der Waals surface area contributed by atoms with Gasteiger partial charge in [0.1, 0.15) is 5.01 Å². The monoisotopic (exact) mass is 240 g/mol. The van der Waals surface area contributed by atoms with E-state index in [4.69, 9.17) is 5.11 Å². The van der Waals surface area contributed by atoms with Crippen LogP contribution < -0.4 is 0 Å². The molecular formula is C11H16N2O2S. The lowest BCUT2D eigenvalue weighted by Gasteiger charge is -2.26. The molecule has 5 heteroatoms. The average Bonchev–Trinajstić information content (AvgIpc) is 2.93. The Kier molecular flexibility index (Phi) is 3.56. The lowest BCUT2D eigenvalue weighted by molar-refractivity contribution is -0.137. The fourth-order valence-corrected chi connectivity index (χ4v) is 2.62. The van der Waals surface area contributed by atoms with Crippen molar-refractivity contribution in [2.24, 2.45) is 0 Å². The maximum atomic E-state index is 10.6. The van der Waals surface area contributed by atoms with E-state index in [1.165, 1.54) is 12.8 Å². The largest absolute Gasteiger partial charge is 0.481 e. The highest BCUT2D eigenvalue weighted by atomic mass is 32.1. The molecule has 0 aromatic carbocycles. The van der Waals surface area contributed by atoms with E-state index < -0.39 is 5.97 Å². The van der Waals surface area contributed by atoms with E-state index in [2.05, 4.69) is 16.8 Å². The van der Waals surface area contributed by atoms with E-state index in [-0.39, 0.29) is 12.5 Å². The van der Waals surface area contributed by atoms with Crippen LogP contribution in [-0.4, -0.2) is 33.5 Å². The molecule has 0 radical (unpaired) electrons. The predicted octanol–water partition coefficient (Wildman–Crippen LogP) is 2.14. The molecule has 4 nitrogen and oxygen atoms in total. The second kappa shape index (κ2) is 4.93. The van der Waals surface area contributed by atoms with Gasteiger partial charge in [-0.1, -0.05) is 0 Å². The molecule has 1 unspecified atom stereocenters. The van der Waals surface area contributed by atoms with Crippen LogP contribution in [0.5, 0.6) is 0 Å². The lowest BCUT2D eigenvalue weighted by atomic mass is 10.2. The molecule has 0 spiro atoms. The van der Waals surface area contributed by atoms with Crippen LogP contribution in [-0.2, 0) is 4.79 Å². The van der Waals surface area contributed by atoms with Gasteiger partial charge in [0.25, 0.3) is 0 Å². The van der Waals surface area contributed by atoms with Crippen LogP contribution in [0, 0.1) is 0 Å². The first-order valence-corrected chi connectivity index (χ1v) is 6.43. The van der Waals surface area contributed by atoms with Crippen molar-refractivity contribution >= 4 is 17.3 Å². The van der Waals surface area contributed by atoms with E-state index in [1.807, 2.05) is 5.38 Å². The number of carboxylic acid groups (broad SMARTS) is 1. The van der Waals surface area contributed by atoms with Crippen LogP contribution in [0.15, 0.2) is 11.6 Å². The molecule has 0 amide bonds. The van der Waals surface area contributed by atoms with Gasteiger partial charge < -0.3 is 5.11 Å². The van der Waals surface area contributed by atoms with Gasteiger partial charge >= 0.3 is 5.97 Å². The number of aromatic nitrogens is 1. The Labute approximate surface area is 98.9 Å². The summed E-state index contributed by atoms with van der Waals surface area (Å²) in [7, 11) is 0. The minimum absolute atomic E-state index is 0.214. The molecule has 1 aliphatic carbocycles. The van der Waals surface area contributed by atoms with E-state index in [1.54, 1.807) is 17.5 Å². The first-order chi connectivity index (χ1) is 7.68. The van der Waals surface area contributed by atoms with Gasteiger partial charge in [-0.2, -0.15) is 0 Å². The Morgan fingerprint density at radius 2 is 2.50 bits per heavy atom. The van der Waals surface area contributed by atoms with Crippen molar-refractivity contribution in [3.05, 3.63) is 16.6 Å². The topological polar surface area (TPSA) is 53.4 Å². The Hall–Kier alpha value is -0.940. The molecule has 16 heavy (non-hydrogen) atoms. The summed E-state index contributed by atoms with van der Waals surface area (Å²) in [6, 6.07) is 0.810. The number of carbonyl (C=O) groups is 1. The summed E-state index contributed by atoms with van der Waals surface area (Å²) < 4.78 is 0. The van der Waals surface area contributed by atoms with Gasteiger partial charge in [0.15, 0.2) is 0 Å². The zero-order chi connectivity index (χ0) is 11.5. The predicted molar refractivity (Wildman–Crippen MR) is 62.5 cm³/mol. The lowest BCUT2D eigenvalue weighted by Crippen LogP contribution is -2.31.